The molecule has 1 aliphatic carbocycles. The van der Waals surface area contributed by atoms with E-state index in [4.69, 9.17) is 10.2 Å². The Hall–Kier alpha value is -4.42. The van der Waals surface area contributed by atoms with Crippen LogP contribution < -0.4 is 10.6 Å². The van der Waals surface area contributed by atoms with Crippen molar-refractivity contribution in [3.63, 3.8) is 0 Å². The summed E-state index contributed by atoms with van der Waals surface area (Å²) in [5, 5.41) is 41.5. The van der Waals surface area contributed by atoms with E-state index in [0.29, 0.717) is 22.3 Å². The van der Waals surface area contributed by atoms with Crippen molar-refractivity contribution in [2.24, 2.45) is 0 Å². The van der Waals surface area contributed by atoms with Crippen LogP contribution in [0.1, 0.15) is 24.0 Å². The lowest BCUT2D eigenvalue weighted by Crippen LogP contribution is -2.54. The lowest BCUT2D eigenvalue weighted by molar-refractivity contribution is -0.146. The second-order valence-corrected chi connectivity index (χ2v) is 8.43. The highest BCUT2D eigenvalue weighted by Crippen LogP contribution is 2.49. The number of carboxylic acids is 4. The van der Waals surface area contributed by atoms with E-state index in [2.05, 4.69) is 10.6 Å². The topological polar surface area (TPSA) is 207 Å². The van der Waals surface area contributed by atoms with Gasteiger partial charge in [-0.05, 0) is 22.3 Å². The van der Waals surface area contributed by atoms with E-state index < -0.39 is 78.9 Å². The van der Waals surface area contributed by atoms with Gasteiger partial charge in [-0.3, -0.25) is 39.4 Å². The number of ketones is 2. The molecule has 12 nitrogen and oxygen atoms in total. The quantitative estimate of drug-likeness (QED) is 0.187. The molecule has 0 unspecified atom stereocenters. The molecule has 0 saturated carbocycles. The fraction of sp³-hybridized carbons (Fsp3) is 0.280. The van der Waals surface area contributed by atoms with Crippen LogP contribution in [0.25, 0.3) is 11.1 Å². The summed E-state index contributed by atoms with van der Waals surface area (Å²) in [6.45, 7) is -1.37. The first kappa shape index (κ1) is 27.2. The van der Waals surface area contributed by atoms with Crippen LogP contribution in [0.4, 0.5) is 0 Å². The third kappa shape index (κ3) is 5.39. The van der Waals surface area contributed by atoms with Crippen LogP contribution >= 0.6 is 0 Å². The van der Waals surface area contributed by atoms with Crippen LogP contribution in [-0.4, -0.2) is 81.0 Å². The summed E-state index contributed by atoms with van der Waals surface area (Å²) in [4.78, 5) is 72.8. The van der Waals surface area contributed by atoms with Gasteiger partial charge in [0.25, 0.3) is 0 Å². The van der Waals surface area contributed by atoms with Crippen molar-refractivity contribution in [2.75, 3.05) is 13.1 Å². The number of carboxylic acid groups (broad SMARTS) is 4. The van der Waals surface area contributed by atoms with Crippen molar-refractivity contribution in [2.45, 2.75) is 30.3 Å². The maximum Gasteiger partial charge on any atom is 0.321 e. The maximum absolute atomic E-state index is 13.8. The molecule has 3 rings (SSSR count). The number of carbonyl (C=O) groups is 6. The van der Waals surface area contributed by atoms with Crippen molar-refractivity contribution in [3.05, 3.63) is 59.7 Å². The lowest BCUT2D eigenvalue weighted by atomic mass is 9.71. The third-order valence-electron chi connectivity index (χ3n) is 6.16. The van der Waals surface area contributed by atoms with E-state index in [9.17, 15) is 39.0 Å². The molecule has 2 aromatic carbocycles. The van der Waals surface area contributed by atoms with Crippen molar-refractivity contribution in [1.29, 1.82) is 0 Å². The Kier molecular flexibility index (Phi) is 8.15. The zero-order valence-corrected chi connectivity index (χ0v) is 19.3. The van der Waals surface area contributed by atoms with Gasteiger partial charge in [0.05, 0.1) is 25.9 Å². The van der Waals surface area contributed by atoms with E-state index in [-0.39, 0.29) is 0 Å². The number of hydrogen-bond donors (Lipinski definition) is 6. The molecule has 0 heterocycles. The first-order chi connectivity index (χ1) is 17.5. The summed E-state index contributed by atoms with van der Waals surface area (Å²) >= 11 is 0. The first-order valence-electron chi connectivity index (χ1n) is 11.1. The molecule has 0 fully saturated rings. The predicted octanol–water partition coefficient (Wildman–Crippen LogP) is 0.126. The Balaban J connectivity index is 2.05. The Morgan fingerprint density at radius 3 is 1.30 bits per heavy atom. The Morgan fingerprint density at radius 2 is 0.973 bits per heavy atom. The van der Waals surface area contributed by atoms with Crippen molar-refractivity contribution >= 4 is 35.4 Å². The number of fused-ring (bicyclic) bond motifs is 3. The molecule has 2 aromatic rings. The molecule has 2 atom stereocenters. The molecule has 194 valence electrons. The standard InChI is InChI=1S/C25H24N2O10/c28-19(11-26-17(23(34)35)9-21(30)31)25(20(29)12-27-18(24(36)37)10-22(32)33)15-7-3-1-5-13(15)14-6-2-4-8-16(14)25/h1-8,17-18,26-27H,9-12H2,(H,30,31)(H,32,33)(H,34,35)(H,36,37)/t17-,18-/m0/s1. The molecule has 0 saturated heterocycles. The first-order valence-corrected chi connectivity index (χ1v) is 11.1. The van der Waals surface area contributed by atoms with Gasteiger partial charge in [-0.2, -0.15) is 0 Å². The molecule has 0 radical (unpaired) electrons. The second-order valence-electron chi connectivity index (χ2n) is 8.43. The van der Waals surface area contributed by atoms with Crippen LogP contribution in [0.5, 0.6) is 0 Å². The van der Waals surface area contributed by atoms with Gasteiger partial charge < -0.3 is 20.4 Å². The zero-order chi connectivity index (χ0) is 27.3. The maximum atomic E-state index is 13.8. The number of carbonyl (C=O) groups excluding carboxylic acids is 2. The minimum absolute atomic E-state index is 0.296. The number of aliphatic carboxylic acids is 4. The van der Waals surface area contributed by atoms with Crippen molar-refractivity contribution in [3.8, 4) is 11.1 Å². The van der Waals surface area contributed by atoms with Gasteiger partial charge in [-0.25, -0.2) is 0 Å². The van der Waals surface area contributed by atoms with Crippen LogP contribution in [0.3, 0.4) is 0 Å². The molecular formula is C25H24N2O10. The highest BCUT2D eigenvalue weighted by molar-refractivity contribution is 6.21. The van der Waals surface area contributed by atoms with E-state index in [1.165, 1.54) is 0 Å². The van der Waals surface area contributed by atoms with E-state index in [1.54, 1.807) is 48.5 Å². The number of rotatable bonds is 14. The smallest absolute Gasteiger partial charge is 0.321 e. The molecule has 6 N–H and O–H groups in total. The highest BCUT2D eigenvalue weighted by atomic mass is 16.4. The average molecular weight is 512 g/mol. The largest absolute Gasteiger partial charge is 0.481 e. The normalized spacial score (nSPS) is 14.6. The third-order valence-corrected chi connectivity index (χ3v) is 6.16. The van der Waals surface area contributed by atoms with Crippen LogP contribution in [0.2, 0.25) is 0 Å². The van der Waals surface area contributed by atoms with Crippen LogP contribution in [-0.2, 0) is 34.2 Å². The molecule has 0 aliphatic heterocycles. The van der Waals surface area contributed by atoms with Crippen LogP contribution in [0.15, 0.2) is 48.5 Å². The van der Waals surface area contributed by atoms with Crippen molar-refractivity contribution < 1.29 is 49.2 Å². The van der Waals surface area contributed by atoms with E-state index >= 15 is 0 Å². The van der Waals surface area contributed by atoms with Gasteiger partial charge in [0.1, 0.15) is 17.5 Å². The Morgan fingerprint density at radius 1 is 0.622 bits per heavy atom. The fourth-order valence-electron chi connectivity index (χ4n) is 4.53. The Bertz CT molecular complexity index is 1170. The summed E-state index contributed by atoms with van der Waals surface area (Å²) < 4.78 is 0. The van der Waals surface area contributed by atoms with E-state index in [0.717, 1.165) is 0 Å². The minimum Gasteiger partial charge on any atom is -0.481 e. The molecule has 37 heavy (non-hydrogen) atoms. The van der Waals surface area contributed by atoms with E-state index in [1.807, 2.05) is 0 Å². The second kappa shape index (κ2) is 11.1. The van der Waals surface area contributed by atoms with Gasteiger partial charge in [-0.15, -0.1) is 0 Å². The molecule has 0 aromatic heterocycles. The van der Waals surface area contributed by atoms with Crippen LogP contribution in [0, 0.1) is 0 Å². The van der Waals surface area contributed by atoms with Gasteiger partial charge >= 0.3 is 23.9 Å². The fourth-order valence-corrected chi connectivity index (χ4v) is 4.53. The lowest BCUT2D eigenvalue weighted by Gasteiger charge is -2.30. The number of nitrogens with one attached hydrogen (secondary N) is 2. The zero-order valence-electron chi connectivity index (χ0n) is 19.3. The predicted molar refractivity (Wildman–Crippen MR) is 126 cm³/mol. The molecule has 0 spiro atoms. The number of benzene rings is 2. The summed E-state index contributed by atoms with van der Waals surface area (Å²) in [6.07, 6.45) is -1.62. The molecule has 0 bridgehead atoms. The molecule has 12 heteroatoms. The summed E-state index contributed by atoms with van der Waals surface area (Å²) in [6, 6.07) is 9.93. The summed E-state index contributed by atoms with van der Waals surface area (Å²) in [5.74, 6) is -7.36. The van der Waals surface area contributed by atoms with Gasteiger partial charge in [0.15, 0.2) is 11.6 Å². The molecular weight excluding hydrogens is 488 g/mol. The van der Waals surface area contributed by atoms with Gasteiger partial charge in [0.2, 0.25) is 0 Å². The van der Waals surface area contributed by atoms with Gasteiger partial charge in [-0.1, -0.05) is 48.5 Å². The summed E-state index contributed by atoms with van der Waals surface area (Å²) in [7, 11) is 0. The number of Topliss-reactive ketones (excluding diaryl/α,β-unsaturated/α-hetero) is 2. The highest BCUT2D eigenvalue weighted by Gasteiger charge is 2.53. The molecule has 0 amide bonds. The average Bonchev–Trinajstić information content (AvgIpc) is 3.14. The molecule has 1 aliphatic rings. The van der Waals surface area contributed by atoms with Crippen molar-refractivity contribution in [1.82, 2.24) is 10.6 Å². The van der Waals surface area contributed by atoms with Gasteiger partial charge in [0, 0.05) is 0 Å². The monoisotopic (exact) mass is 512 g/mol. The summed E-state index contributed by atoms with van der Waals surface area (Å²) in [5.41, 5.74) is -0.248. The Labute approximate surface area is 209 Å². The minimum atomic E-state index is -1.98. The number of hydrogen-bond acceptors (Lipinski definition) is 8. The SMILES string of the molecule is O=C(O)C[C@H](NCC(=O)C1(C(=O)CN[C@@H](CC(=O)O)C(=O)O)c2ccccc2-c2ccccc21)C(=O)O.